The number of amides is 1. The Morgan fingerprint density at radius 1 is 1.17 bits per heavy atom. The minimum absolute atomic E-state index is 0.0655. The van der Waals surface area contributed by atoms with E-state index in [9.17, 15) is 18.0 Å². The molecule has 1 amide bonds. The molecule has 1 saturated heterocycles. The average Bonchev–Trinajstić information content (AvgIpc) is 3.19. The Morgan fingerprint density at radius 3 is 2.60 bits per heavy atom. The monoisotopic (exact) mass is 558 g/mol. The third-order valence-corrected chi connectivity index (χ3v) is 10.1. The Morgan fingerprint density at radius 2 is 1.89 bits per heavy atom. The number of nitrogens with one attached hydrogen (secondary N) is 1. The van der Waals surface area contributed by atoms with Crippen molar-refractivity contribution in [2.45, 2.75) is 51.2 Å². The van der Waals surface area contributed by atoms with E-state index in [1.165, 1.54) is 15.6 Å². The maximum atomic E-state index is 13.2. The van der Waals surface area contributed by atoms with Crippen molar-refractivity contribution < 1.29 is 22.7 Å². The molecule has 1 aliphatic heterocycles. The van der Waals surface area contributed by atoms with Crippen LogP contribution in [-0.2, 0) is 38.1 Å². The molecule has 0 radical (unpaired) electrons. The number of nitrogens with zero attached hydrogens (tertiary/aromatic N) is 1. The second-order valence-corrected chi connectivity index (χ2v) is 12.7. The highest BCUT2D eigenvalue weighted by Gasteiger charge is 2.35. The Hall–Kier alpha value is -1.65. The van der Waals surface area contributed by atoms with Gasteiger partial charge in [-0.3, -0.25) is 4.79 Å². The molecular weight excluding hydrogens is 531 g/mol. The van der Waals surface area contributed by atoms with Gasteiger partial charge in [0.1, 0.15) is 5.00 Å². The number of ether oxygens (including phenoxy) is 1. The number of carbonyl (C=O) groups excluding carboxylic acids is 2. The molecule has 2 heterocycles. The van der Waals surface area contributed by atoms with Crippen LogP contribution in [0, 0.1) is 5.92 Å². The molecule has 1 aromatic carbocycles. The number of hydrogen-bond donors (Lipinski definition) is 1. The molecule has 7 nitrogen and oxygen atoms in total. The Bertz CT molecular complexity index is 1210. The van der Waals surface area contributed by atoms with Crippen LogP contribution >= 0.6 is 34.5 Å². The van der Waals surface area contributed by atoms with Crippen LogP contribution in [-0.4, -0.2) is 44.3 Å². The van der Waals surface area contributed by atoms with Gasteiger partial charge in [0.15, 0.2) is 0 Å². The third-order valence-electron chi connectivity index (χ3n) is 6.42. The highest BCUT2D eigenvalue weighted by molar-refractivity contribution is 7.88. The molecule has 190 valence electrons. The first-order valence-electron chi connectivity index (χ1n) is 11.7. The molecule has 0 unspecified atom stereocenters. The minimum Gasteiger partial charge on any atom is -0.462 e. The number of carbonyl (C=O) groups is 2. The van der Waals surface area contributed by atoms with E-state index in [1.807, 2.05) is 0 Å². The van der Waals surface area contributed by atoms with Crippen molar-refractivity contribution in [3.63, 3.8) is 0 Å². The van der Waals surface area contributed by atoms with Gasteiger partial charge in [0, 0.05) is 33.6 Å². The van der Waals surface area contributed by atoms with Crippen LogP contribution in [0.1, 0.15) is 59.0 Å². The number of piperidine rings is 1. The molecule has 1 aliphatic carbocycles. The second-order valence-electron chi connectivity index (χ2n) is 8.78. The van der Waals surface area contributed by atoms with Crippen molar-refractivity contribution in [3.05, 3.63) is 49.8 Å². The fourth-order valence-corrected chi connectivity index (χ4v) is 8.28. The molecule has 11 heteroatoms. The summed E-state index contributed by atoms with van der Waals surface area (Å²) in [7, 11) is -3.74. The quantitative estimate of drug-likeness (QED) is 0.466. The van der Waals surface area contributed by atoms with Gasteiger partial charge in [-0.2, -0.15) is 0 Å². The first kappa shape index (κ1) is 26.4. The minimum atomic E-state index is -3.74. The smallest absolute Gasteiger partial charge is 0.341 e. The third kappa shape index (κ3) is 5.85. The van der Waals surface area contributed by atoms with Crippen LogP contribution in [0.2, 0.25) is 10.0 Å². The molecule has 1 aromatic heterocycles. The number of halogens is 2. The predicted octanol–water partition coefficient (Wildman–Crippen LogP) is 5.29. The number of aryl methyl sites for hydroxylation is 1. The molecule has 2 aliphatic rings. The molecule has 1 atom stereocenters. The van der Waals surface area contributed by atoms with E-state index in [1.54, 1.807) is 25.1 Å². The lowest BCUT2D eigenvalue weighted by molar-refractivity contribution is -0.120. The summed E-state index contributed by atoms with van der Waals surface area (Å²) in [6.45, 7) is 2.40. The van der Waals surface area contributed by atoms with Gasteiger partial charge in [-0.05, 0) is 63.1 Å². The molecule has 0 saturated carbocycles. The molecular formula is C24H28Cl2N2O5S2. The second kappa shape index (κ2) is 11.2. The predicted molar refractivity (Wildman–Crippen MR) is 139 cm³/mol. The normalized spacial score (nSPS) is 18.7. The highest BCUT2D eigenvalue weighted by atomic mass is 35.5. The van der Waals surface area contributed by atoms with Gasteiger partial charge in [-0.15, -0.1) is 11.3 Å². The van der Waals surface area contributed by atoms with Crippen molar-refractivity contribution in [1.82, 2.24) is 4.31 Å². The number of fused-ring (bicyclic) bond motifs is 1. The van der Waals surface area contributed by atoms with E-state index < -0.39 is 21.9 Å². The Balaban J connectivity index is 1.50. The van der Waals surface area contributed by atoms with E-state index in [0.29, 0.717) is 45.6 Å². The van der Waals surface area contributed by atoms with E-state index in [4.69, 9.17) is 27.9 Å². The summed E-state index contributed by atoms with van der Waals surface area (Å²) in [4.78, 5) is 27.0. The van der Waals surface area contributed by atoms with Crippen LogP contribution in [0.15, 0.2) is 18.2 Å². The van der Waals surface area contributed by atoms with Gasteiger partial charge in [0.25, 0.3) is 0 Å². The summed E-state index contributed by atoms with van der Waals surface area (Å²) in [5.41, 5.74) is 1.78. The van der Waals surface area contributed by atoms with Crippen molar-refractivity contribution in [3.8, 4) is 0 Å². The molecule has 35 heavy (non-hydrogen) atoms. The van der Waals surface area contributed by atoms with Crippen LogP contribution in [0.25, 0.3) is 0 Å². The van der Waals surface area contributed by atoms with Gasteiger partial charge in [0.2, 0.25) is 15.9 Å². The molecule has 1 fully saturated rings. The first-order chi connectivity index (χ1) is 16.7. The maximum absolute atomic E-state index is 13.2. The summed E-state index contributed by atoms with van der Waals surface area (Å²) < 4.78 is 32.9. The molecule has 0 bridgehead atoms. The van der Waals surface area contributed by atoms with Crippen LogP contribution in [0.3, 0.4) is 0 Å². The molecule has 0 spiro atoms. The van der Waals surface area contributed by atoms with Crippen molar-refractivity contribution >= 4 is 61.4 Å². The lowest BCUT2D eigenvalue weighted by Gasteiger charge is -2.31. The largest absolute Gasteiger partial charge is 0.462 e. The SMILES string of the molecule is CCOC(=O)c1c(NC(=O)[C@H]2CCCN(S(=O)(=O)Cc3c(Cl)cccc3Cl)C2)sc2c1CCCC2. The van der Waals surface area contributed by atoms with E-state index in [2.05, 4.69) is 5.32 Å². The average molecular weight is 560 g/mol. The number of anilines is 1. The van der Waals surface area contributed by atoms with Crippen molar-refractivity contribution in [2.24, 2.45) is 5.92 Å². The van der Waals surface area contributed by atoms with Crippen LogP contribution in [0.4, 0.5) is 5.00 Å². The van der Waals surface area contributed by atoms with Gasteiger partial charge in [-0.1, -0.05) is 29.3 Å². The number of thiophene rings is 1. The topological polar surface area (TPSA) is 92.8 Å². The van der Waals surface area contributed by atoms with E-state index >= 15 is 0 Å². The highest BCUT2D eigenvalue weighted by Crippen LogP contribution is 2.39. The van der Waals surface area contributed by atoms with Gasteiger partial charge in [0.05, 0.1) is 23.8 Å². The van der Waals surface area contributed by atoms with Crippen molar-refractivity contribution in [2.75, 3.05) is 25.0 Å². The zero-order chi connectivity index (χ0) is 25.2. The van der Waals surface area contributed by atoms with E-state index in [-0.39, 0.29) is 24.8 Å². The van der Waals surface area contributed by atoms with Gasteiger partial charge < -0.3 is 10.1 Å². The summed E-state index contributed by atoms with van der Waals surface area (Å²) >= 11 is 13.8. The summed E-state index contributed by atoms with van der Waals surface area (Å²) in [6.07, 6.45) is 4.82. The van der Waals surface area contributed by atoms with Gasteiger partial charge >= 0.3 is 5.97 Å². The molecule has 4 rings (SSSR count). The summed E-state index contributed by atoms with van der Waals surface area (Å²) in [5.74, 6) is -1.57. The zero-order valence-corrected chi connectivity index (χ0v) is 22.6. The van der Waals surface area contributed by atoms with Crippen molar-refractivity contribution in [1.29, 1.82) is 0 Å². The number of esters is 1. The number of benzene rings is 1. The van der Waals surface area contributed by atoms with Crippen LogP contribution < -0.4 is 5.32 Å². The fraction of sp³-hybridized carbons (Fsp3) is 0.500. The lowest BCUT2D eigenvalue weighted by Crippen LogP contribution is -2.44. The number of hydrogen-bond acceptors (Lipinski definition) is 6. The summed E-state index contributed by atoms with van der Waals surface area (Å²) in [6, 6.07) is 4.87. The first-order valence-corrected chi connectivity index (χ1v) is 14.9. The summed E-state index contributed by atoms with van der Waals surface area (Å²) in [5, 5.41) is 4.02. The lowest BCUT2D eigenvalue weighted by atomic mass is 9.95. The standard InChI is InChI=1S/C24H28Cl2N2O5S2/c1-2-33-24(30)21-16-8-3-4-11-20(16)34-23(21)27-22(29)15-7-6-12-28(13-15)35(31,32)14-17-18(25)9-5-10-19(17)26/h5,9-10,15H,2-4,6-8,11-14H2,1H3,(H,27,29)/t15-/m0/s1. The van der Waals surface area contributed by atoms with E-state index in [0.717, 1.165) is 36.1 Å². The number of sulfonamides is 1. The molecule has 1 N–H and O–H groups in total. The van der Waals surface area contributed by atoms with Crippen LogP contribution in [0.5, 0.6) is 0 Å². The maximum Gasteiger partial charge on any atom is 0.341 e. The fourth-order valence-electron chi connectivity index (χ4n) is 4.64. The Labute approximate surface area is 219 Å². The van der Waals surface area contributed by atoms with Gasteiger partial charge in [-0.25, -0.2) is 17.5 Å². The zero-order valence-electron chi connectivity index (χ0n) is 19.4. The number of rotatable bonds is 7. The molecule has 2 aromatic rings. The Kier molecular flexibility index (Phi) is 8.43.